The van der Waals surface area contributed by atoms with Gasteiger partial charge in [-0.2, -0.15) is 0 Å². The second-order valence-corrected chi connectivity index (χ2v) is 11.1. The van der Waals surface area contributed by atoms with Gasteiger partial charge in [0.2, 0.25) is 0 Å². The topological polar surface area (TPSA) is 85.9 Å². The molecule has 0 spiro atoms. The summed E-state index contributed by atoms with van der Waals surface area (Å²) in [5, 5.41) is 9.02. The highest BCUT2D eigenvalue weighted by atomic mass is 79.9. The molecule has 1 aliphatic carbocycles. The molecule has 2 aliphatic rings. The highest BCUT2D eigenvalue weighted by Crippen LogP contribution is 2.31. The first kappa shape index (κ1) is 27.8. The molecular weight excluding hydrogens is 570 g/mol. The number of amides is 3. The van der Waals surface area contributed by atoms with E-state index >= 15 is 0 Å². The number of nitrogens with one attached hydrogen (secondary N) is 3. The number of anilines is 4. The van der Waals surface area contributed by atoms with Crippen LogP contribution in [0.25, 0.3) is 0 Å². The molecule has 3 aromatic carbocycles. The normalized spacial score (nSPS) is 15.8. The molecule has 1 saturated carbocycles. The van der Waals surface area contributed by atoms with Gasteiger partial charge in [0.15, 0.2) is 0 Å². The predicted molar refractivity (Wildman–Crippen MR) is 165 cm³/mol. The fourth-order valence-electron chi connectivity index (χ4n) is 5.51. The molecule has 0 bridgehead atoms. The Balaban J connectivity index is 1.34. The number of nitrogens with zero attached hydrogens (tertiary/aromatic N) is 2. The molecule has 3 aromatic rings. The lowest BCUT2D eigenvalue weighted by Crippen LogP contribution is -2.47. The van der Waals surface area contributed by atoms with Crippen molar-refractivity contribution in [2.24, 2.45) is 0 Å². The maximum absolute atomic E-state index is 13.6. The zero-order valence-electron chi connectivity index (χ0n) is 22.8. The molecule has 1 saturated heterocycles. The van der Waals surface area contributed by atoms with Crippen molar-refractivity contribution >= 4 is 50.6 Å². The van der Waals surface area contributed by atoms with Gasteiger partial charge in [0.1, 0.15) is 5.75 Å². The van der Waals surface area contributed by atoms with Crippen LogP contribution < -0.4 is 30.5 Å². The zero-order chi connectivity index (χ0) is 27.9. The number of hydrogen-bond donors (Lipinski definition) is 3. The fraction of sp³-hybridized carbons (Fsp3) is 0.355. The minimum absolute atomic E-state index is 0.0936. The summed E-state index contributed by atoms with van der Waals surface area (Å²) in [5.41, 5.74) is 3.77. The third kappa shape index (κ3) is 6.70. The number of ether oxygens (including phenoxy) is 1. The Morgan fingerprint density at radius 2 is 1.50 bits per heavy atom. The fourth-order valence-corrected chi connectivity index (χ4v) is 5.89. The molecule has 9 heteroatoms. The summed E-state index contributed by atoms with van der Waals surface area (Å²) < 4.78 is 6.36. The van der Waals surface area contributed by atoms with Crippen LogP contribution >= 0.6 is 15.9 Å². The van der Waals surface area contributed by atoms with Gasteiger partial charge in [-0.1, -0.05) is 43.5 Å². The van der Waals surface area contributed by atoms with E-state index < -0.39 is 0 Å². The summed E-state index contributed by atoms with van der Waals surface area (Å²) >= 11 is 3.46. The van der Waals surface area contributed by atoms with Crippen molar-refractivity contribution in [3.05, 3.63) is 76.8 Å². The zero-order valence-corrected chi connectivity index (χ0v) is 24.4. The first-order valence-electron chi connectivity index (χ1n) is 13.9. The predicted octanol–water partition coefficient (Wildman–Crippen LogP) is 6.49. The van der Waals surface area contributed by atoms with E-state index in [4.69, 9.17) is 4.74 Å². The third-order valence-corrected chi connectivity index (χ3v) is 8.30. The molecule has 1 heterocycles. The number of methoxy groups -OCH3 is 1. The minimum Gasteiger partial charge on any atom is -0.495 e. The van der Waals surface area contributed by atoms with Crippen LogP contribution in [-0.2, 0) is 0 Å². The second-order valence-electron chi connectivity index (χ2n) is 10.2. The molecule has 5 rings (SSSR count). The largest absolute Gasteiger partial charge is 0.495 e. The van der Waals surface area contributed by atoms with Gasteiger partial charge in [-0.05, 0) is 71.2 Å². The Labute approximate surface area is 244 Å². The highest BCUT2D eigenvalue weighted by molar-refractivity contribution is 9.10. The van der Waals surface area contributed by atoms with Crippen molar-refractivity contribution < 1.29 is 14.3 Å². The quantitative estimate of drug-likeness (QED) is 0.286. The second kappa shape index (κ2) is 13.1. The number of urea groups is 1. The van der Waals surface area contributed by atoms with Crippen molar-refractivity contribution in [3.8, 4) is 5.75 Å². The number of para-hydroxylation sites is 3. The molecule has 1 aliphatic heterocycles. The number of benzene rings is 3. The van der Waals surface area contributed by atoms with Crippen LogP contribution in [0.5, 0.6) is 5.75 Å². The number of halogens is 1. The standard InChI is InChI=1S/C31H36BrN5O3/c1-40-29-14-8-7-13-28(29)37-19-17-36(18-20-37)27-16-15-23(34-31(39)35-26-12-6-5-11-25(26)32)21-24(27)30(38)33-22-9-3-2-4-10-22/h5-8,11-16,21-22H,2-4,9-10,17-20H2,1H3,(H,33,38)(H2,34,35,39). The summed E-state index contributed by atoms with van der Waals surface area (Å²) in [7, 11) is 1.70. The van der Waals surface area contributed by atoms with Gasteiger partial charge in [0, 0.05) is 48.1 Å². The van der Waals surface area contributed by atoms with E-state index in [1.54, 1.807) is 13.2 Å². The lowest BCUT2D eigenvalue weighted by molar-refractivity contribution is 0.0928. The van der Waals surface area contributed by atoms with E-state index in [-0.39, 0.29) is 18.0 Å². The van der Waals surface area contributed by atoms with Crippen LogP contribution in [0.4, 0.5) is 27.5 Å². The Kier molecular flexibility index (Phi) is 9.11. The molecule has 0 atom stereocenters. The number of rotatable bonds is 7. The van der Waals surface area contributed by atoms with E-state index in [0.717, 1.165) is 73.5 Å². The van der Waals surface area contributed by atoms with Crippen LogP contribution in [0, 0.1) is 0 Å². The summed E-state index contributed by atoms with van der Waals surface area (Å²) in [6.45, 7) is 3.13. The lowest BCUT2D eigenvalue weighted by atomic mass is 9.95. The van der Waals surface area contributed by atoms with Gasteiger partial charge in [-0.15, -0.1) is 0 Å². The highest BCUT2D eigenvalue weighted by Gasteiger charge is 2.25. The number of piperazine rings is 1. The van der Waals surface area contributed by atoms with E-state index in [9.17, 15) is 9.59 Å². The van der Waals surface area contributed by atoms with Gasteiger partial charge < -0.3 is 30.5 Å². The van der Waals surface area contributed by atoms with E-state index in [1.807, 2.05) is 54.6 Å². The van der Waals surface area contributed by atoms with Crippen molar-refractivity contribution in [2.75, 3.05) is 53.7 Å². The number of carbonyl (C=O) groups is 2. The molecular formula is C31H36BrN5O3. The Morgan fingerprint density at radius 1 is 0.825 bits per heavy atom. The first-order valence-corrected chi connectivity index (χ1v) is 14.7. The maximum Gasteiger partial charge on any atom is 0.323 e. The Hall–Kier alpha value is -3.72. The molecule has 0 aromatic heterocycles. The van der Waals surface area contributed by atoms with Crippen LogP contribution in [0.1, 0.15) is 42.5 Å². The molecule has 40 heavy (non-hydrogen) atoms. The average molecular weight is 607 g/mol. The van der Waals surface area contributed by atoms with Gasteiger partial charge >= 0.3 is 6.03 Å². The van der Waals surface area contributed by atoms with Crippen LogP contribution in [0.3, 0.4) is 0 Å². The van der Waals surface area contributed by atoms with Crippen molar-refractivity contribution in [1.82, 2.24) is 5.32 Å². The third-order valence-electron chi connectivity index (χ3n) is 7.61. The average Bonchev–Trinajstić information content (AvgIpc) is 2.99. The van der Waals surface area contributed by atoms with Crippen LogP contribution in [-0.4, -0.2) is 51.3 Å². The molecule has 2 fully saturated rings. The smallest absolute Gasteiger partial charge is 0.323 e. The SMILES string of the molecule is COc1ccccc1N1CCN(c2ccc(NC(=O)Nc3ccccc3Br)cc2C(=O)NC2CCCCC2)CC1. The van der Waals surface area contributed by atoms with E-state index in [2.05, 4.69) is 47.7 Å². The maximum atomic E-state index is 13.6. The Bertz CT molecular complexity index is 1340. The van der Waals surface area contributed by atoms with Crippen LogP contribution in [0.15, 0.2) is 71.2 Å². The minimum atomic E-state index is -0.372. The number of hydrogen-bond acceptors (Lipinski definition) is 5. The first-order chi connectivity index (χ1) is 19.5. The van der Waals surface area contributed by atoms with Gasteiger partial charge in [0.05, 0.1) is 24.0 Å². The lowest BCUT2D eigenvalue weighted by Gasteiger charge is -2.38. The van der Waals surface area contributed by atoms with Crippen molar-refractivity contribution in [1.29, 1.82) is 0 Å². The summed E-state index contributed by atoms with van der Waals surface area (Å²) in [4.78, 5) is 31.0. The van der Waals surface area contributed by atoms with E-state index in [0.29, 0.717) is 16.9 Å². The number of carbonyl (C=O) groups excluding carboxylic acids is 2. The molecule has 210 valence electrons. The van der Waals surface area contributed by atoms with Crippen molar-refractivity contribution in [2.45, 2.75) is 38.1 Å². The molecule has 3 amide bonds. The monoisotopic (exact) mass is 605 g/mol. The van der Waals surface area contributed by atoms with Crippen molar-refractivity contribution in [3.63, 3.8) is 0 Å². The van der Waals surface area contributed by atoms with Gasteiger partial charge in [-0.25, -0.2) is 4.79 Å². The van der Waals surface area contributed by atoms with Crippen LogP contribution in [0.2, 0.25) is 0 Å². The Morgan fingerprint density at radius 3 is 2.23 bits per heavy atom. The molecule has 0 unspecified atom stereocenters. The molecule has 0 radical (unpaired) electrons. The summed E-state index contributed by atoms with van der Waals surface area (Å²) in [6, 6.07) is 20.9. The van der Waals surface area contributed by atoms with Gasteiger partial charge in [-0.3, -0.25) is 4.79 Å². The molecule has 8 nitrogen and oxygen atoms in total. The molecule has 3 N–H and O–H groups in total. The summed E-state index contributed by atoms with van der Waals surface area (Å²) in [5.74, 6) is 0.767. The van der Waals surface area contributed by atoms with Gasteiger partial charge in [0.25, 0.3) is 5.91 Å². The summed E-state index contributed by atoms with van der Waals surface area (Å²) in [6.07, 6.45) is 5.51. The van der Waals surface area contributed by atoms with E-state index in [1.165, 1.54) is 6.42 Å².